The minimum atomic E-state index is 0. The molecular weight excluding hydrogens is 284 g/mol. The molecule has 0 aliphatic carbocycles. The van der Waals surface area contributed by atoms with E-state index in [0.29, 0.717) is 0 Å². The van der Waals surface area contributed by atoms with Gasteiger partial charge in [0.05, 0.1) is 5.52 Å². The van der Waals surface area contributed by atoms with Crippen LogP contribution in [0.4, 0.5) is 5.82 Å². The van der Waals surface area contributed by atoms with Gasteiger partial charge in [0, 0.05) is 50.3 Å². The van der Waals surface area contributed by atoms with Crippen LogP contribution >= 0.6 is 0 Å². The van der Waals surface area contributed by atoms with Gasteiger partial charge in [-0.3, -0.25) is 4.99 Å². The van der Waals surface area contributed by atoms with Crippen LogP contribution in [0.15, 0.2) is 52.6 Å². The number of unbranched alkanes of at least 4 members (excludes halogenated alkanes) is 1. The van der Waals surface area contributed by atoms with Gasteiger partial charge in [-0.15, -0.1) is 0 Å². The average Bonchev–Trinajstić information content (AvgIpc) is 2.91. The fraction of sp³-hybridized carbons (Fsp3) is 0.368. The van der Waals surface area contributed by atoms with Crippen molar-refractivity contribution in [2.45, 2.75) is 46.6 Å². The highest BCUT2D eigenvalue weighted by atomic mass is 15.0. The molecule has 2 aromatic heterocycles. The predicted molar refractivity (Wildman–Crippen MR) is 99.9 cm³/mol. The van der Waals surface area contributed by atoms with Crippen molar-refractivity contribution in [3.63, 3.8) is 0 Å². The molecule has 2 aromatic rings. The lowest BCUT2D eigenvalue weighted by molar-refractivity contribution is 0.650. The lowest BCUT2D eigenvalue weighted by Gasteiger charge is -2.14. The van der Waals surface area contributed by atoms with Gasteiger partial charge in [-0.25, -0.2) is 4.98 Å². The molecule has 0 fully saturated rings. The van der Waals surface area contributed by atoms with Crippen molar-refractivity contribution in [3.05, 3.63) is 47.6 Å². The second kappa shape index (κ2) is 6.82. The molecule has 4 heteroatoms. The highest BCUT2D eigenvalue weighted by Crippen LogP contribution is 2.27. The van der Waals surface area contributed by atoms with Crippen molar-refractivity contribution in [2.75, 3.05) is 5.32 Å². The molecule has 0 amide bonds. The molecule has 0 bridgehead atoms. The first-order chi connectivity index (χ1) is 11.2. The van der Waals surface area contributed by atoms with Gasteiger partial charge in [0.1, 0.15) is 5.82 Å². The number of hydrogen-bond donors (Lipinski definition) is 1. The van der Waals surface area contributed by atoms with Crippen LogP contribution in [0, 0.1) is 0 Å². The minimum Gasteiger partial charge on any atom is -0.347 e. The summed E-state index contributed by atoms with van der Waals surface area (Å²) in [5.41, 5.74) is 4.79. The van der Waals surface area contributed by atoms with Crippen LogP contribution in [-0.2, 0) is 6.54 Å². The van der Waals surface area contributed by atoms with E-state index in [0.717, 1.165) is 30.1 Å². The van der Waals surface area contributed by atoms with E-state index in [-0.39, 0.29) is 1.43 Å². The van der Waals surface area contributed by atoms with Crippen molar-refractivity contribution in [3.8, 4) is 0 Å². The molecule has 0 saturated heterocycles. The first-order valence-corrected chi connectivity index (χ1v) is 8.30. The number of aryl methyl sites for hydroxylation is 1. The van der Waals surface area contributed by atoms with Crippen LogP contribution < -0.4 is 5.32 Å². The summed E-state index contributed by atoms with van der Waals surface area (Å²) in [6, 6.07) is 4.25. The molecule has 3 rings (SSSR count). The first-order valence-electron chi connectivity index (χ1n) is 8.30. The SMILES string of the molecule is CCCCn1ccc2c(NC3=C(C)CC=NC=C3C)nccc21.[HH]. The van der Waals surface area contributed by atoms with Crippen LogP contribution in [0.1, 0.15) is 41.5 Å². The quantitative estimate of drug-likeness (QED) is 0.830. The Morgan fingerprint density at radius 1 is 1.30 bits per heavy atom. The van der Waals surface area contributed by atoms with E-state index < -0.39 is 0 Å². The third-order valence-corrected chi connectivity index (χ3v) is 4.29. The molecule has 4 nitrogen and oxygen atoms in total. The number of aromatic nitrogens is 2. The third kappa shape index (κ3) is 3.21. The Bertz CT molecular complexity index is 799. The normalized spacial score (nSPS) is 15.0. The highest BCUT2D eigenvalue weighted by Gasteiger charge is 2.12. The lowest BCUT2D eigenvalue weighted by atomic mass is 10.1. The van der Waals surface area contributed by atoms with E-state index in [1.807, 2.05) is 18.6 Å². The summed E-state index contributed by atoms with van der Waals surface area (Å²) >= 11 is 0. The number of hydrogen-bond acceptors (Lipinski definition) is 3. The molecule has 0 atom stereocenters. The van der Waals surface area contributed by atoms with Gasteiger partial charge >= 0.3 is 0 Å². The Hall–Kier alpha value is -2.36. The van der Waals surface area contributed by atoms with Gasteiger partial charge in [0.2, 0.25) is 0 Å². The number of allylic oxidation sites excluding steroid dienone is 2. The van der Waals surface area contributed by atoms with E-state index in [1.54, 1.807) is 0 Å². The molecule has 0 saturated carbocycles. The van der Waals surface area contributed by atoms with E-state index in [4.69, 9.17) is 0 Å². The van der Waals surface area contributed by atoms with E-state index in [1.165, 1.54) is 29.3 Å². The standard InChI is InChI=1S/C19H24N4.H2/c1-4-5-11-23-12-8-16-17(23)7-10-21-19(16)22-18-14(2)6-9-20-13-15(18)3;/h7-10,12-13H,4-6,11H2,1-3H3,(H,21,22);1H. The molecule has 23 heavy (non-hydrogen) atoms. The summed E-state index contributed by atoms with van der Waals surface area (Å²) in [7, 11) is 0. The molecule has 0 spiro atoms. The molecule has 1 N–H and O–H groups in total. The van der Waals surface area contributed by atoms with E-state index in [2.05, 4.69) is 59.0 Å². The summed E-state index contributed by atoms with van der Waals surface area (Å²) in [6.45, 7) is 7.50. The van der Waals surface area contributed by atoms with E-state index in [9.17, 15) is 0 Å². The van der Waals surface area contributed by atoms with Gasteiger partial charge in [-0.05, 0) is 43.5 Å². The summed E-state index contributed by atoms with van der Waals surface area (Å²) in [5, 5.41) is 4.71. The lowest BCUT2D eigenvalue weighted by Crippen LogP contribution is -2.06. The second-order valence-electron chi connectivity index (χ2n) is 6.08. The number of pyridine rings is 1. The van der Waals surface area contributed by atoms with Crippen LogP contribution in [0.25, 0.3) is 10.9 Å². The number of fused-ring (bicyclic) bond motifs is 1. The largest absolute Gasteiger partial charge is 0.347 e. The van der Waals surface area contributed by atoms with Crippen molar-refractivity contribution >= 4 is 22.9 Å². The fourth-order valence-corrected chi connectivity index (χ4v) is 2.93. The highest BCUT2D eigenvalue weighted by molar-refractivity contribution is 5.91. The molecule has 0 radical (unpaired) electrons. The monoisotopic (exact) mass is 310 g/mol. The Labute approximate surface area is 139 Å². The minimum absolute atomic E-state index is 0. The number of nitrogens with zero attached hydrogens (tertiary/aromatic N) is 3. The molecule has 0 unspecified atom stereocenters. The van der Waals surface area contributed by atoms with Gasteiger partial charge in [0.15, 0.2) is 0 Å². The maximum Gasteiger partial charge on any atom is 0.139 e. The number of anilines is 1. The molecule has 0 aromatic carbocycles. The van der Waals surface area contributed by atoms with Crippen molar-refractivity contribution in [1.82, 2.24) is 9.55 Å². The van der Waals surface area contributed by atoms with Crippen LogP contribution in [0.3, 0.4) is 0 Å². The van der Waals surface area contributed by atoms with Crippen LogP contribution in [-0.4, -0.2) is 15.8 Å². The predicted octanol–water partition coefficient (Wildman–Crippen LogP) is 5.15. The molecule has 3 heterocycles. The molecular formula is C19H26N4. The summed E-state index contributed by atoms with van der Waals surface area (Å²) < 4.78 is 2.31. The Balaban J connectivity index is 0.00000208. The van der Waals surface area contributed by atoms with Gasteiger partial charge < -0.3 is 9.88 Å². The first kappa shape index (κ1) is 15.5. The van der Waals surface area contributed by atoms with Gasteiger partial charge in [-0.2, -0.15) is 0 Å². The Kier molecular flexibility index (Phi) is 4.60. The molecule has 1 aliphatic heterocycles. The summed E-state index contributed by atoms with van der Waals surface area (Å²) in [4.78, 5) is 8.87. The molecule has 1 aliphatic rings. The third-order valence-electron chi connectivity index (χ3n) is 4.29. The topological polar surface area (TPSA) is 42.2 Å². The number of aliphatic imine (C=N–C) groups is 1. The average molecular weight is 310 g/mol. The summed E-state index contributed by atoms with van der Waals surface area (Å²) in [6.07, 6.45) is 11.2. The van der Waals surface area contributed by atoms with Crippen molar-refractivity contribution in [1.29, 1.82) is 0 Å². The smallest absolute Gasteiger partial charge is 0.139 e. The maximum atomic E-state index is 4.57. The Morgan fingerprint density at radius 2 is 2.17 bits per heavy atom. The van der Waals surface area contributed by atoms with Crippen LogP contribution in [0.2, 0.25) is 0 Å². The second-order valence-corrected chi connectivity index (χ2v) is 6.08. The van der Waals surface area contributed by atoms with Crippen LogP contribution in [0.5, 0.6) is 0 Å². The summed E-state index contributed by atoms with van der Waals surface area (Å²) in [5.74, 6) is 0.918. The molecule has 122 valence electrons. The Morgan fingerprint density at radius 3 is 3.00 bits per heavy atom. The zero-order valence-electron chi connectivity index (χ0n) is 14.1. The van der Waals surface area contributed by atoms with Gasteiger partial charge in [0.25, 0.3) is 0 Å². The van der Waals surface area contributed by atoms with Gasteiger partial charge in [-0.1, -0.05) is 13.3 Å². The zero-order chi connectivity index (χ0) is 16.2. The fourth-order valence-electron chi connectivity index (χ4n) is 2.93. The zero-order valence-corrected chi connectivity index (χ0v) is 14.1. The van der Waals surface area contributed by atoms with Crippen molar-refractivity contribution < 1.29 is 1.43 Å². The van der Waals surface area contributed by atoms with Crippen molar-refractivity contribution in [2.24, 2.45) is 4.99 Å². The van der Waals surface area contributed by atoms with E-state index >= 15 is 0 Å². The number of nitrogens with one attached hydrogen (secondary N) is 1. The number of rotatable bonds is 5. The maximum absolute atomic E-state index is 4.57.